The molecule has 0 spiro atoms. The number of aromatic nitrogens is 4. The van der Waals surface area contributed by atoms with Gasteiger partial charge in [-0.25, -0.2) is 15.0 Å². The Morgan fingerprint density at radius 3 is 2.94 bits per heavy atom. The van der Waals surface area contributed by atoms with E-state index >= 15 is 0 Å². The van der Waals surface area contributed by atoms with Gasteiger partial charge in [-0.15, -0.1) is 0 Å². The summed E-state index contributed by atoms with van der Waals surface area (Å²) in [6.45, 7) is 5.17. The van der Waals surface area contributed by atoms with Crippen LogP contribution in [0.25, 0.3) is 21.9 Å². The minimum Gasteiger partial charge on any atom is -0.491 e. The molecule has 4 aromatic rings. The molecule has 0 amide bonds. The molecular formula is C25H29N5O2. The maximum absolute atomic E-state index is 6.39. The molecule has 1 N–H and O–H groups in total. The van der Waals surface area contributed by atoms with Crippen LogP contribution >= 0.6 is 0 Å². The van der Waals surface area contributed by atoms with Crippen LogP contribution in [-0.4, -0.2) is 45.7 Å². The van der Waals surface area contributed by atoms with Crippen LogP contribution in [0.5, 0.6) is 5.75 Å². The molecule has 1 aliphatic heterocycles. The summed E-state index contributed by atoms with van der Waals surface area (Å²) in [6, 6.07) is 12.9. The van der Waals surface area contributed by atoms with Crippen molar-refractivity contribution >= 4 is 27.8 Å². The molecule has 0 unspecified atom stereocenters. The molecule has 0 saturated carbocycles. The average Bonchev–Trinajstić information content (AvgIpc) is 3.50. The monoisotopic (exact) mass is 431 g/mol. The summed E-state index contributed by atoms with van der Waals surface area (Å²) in [6.07, 6.45) is 7.68. The normalized spacial score (nSPS) is 16.3. The van der Waals surface area contributed by atoms with Crippen molar-refractivity contribution in [2.24, 2.45) is 0 Å². The van der Waals surface area contributed by atoms with Crippen LogP contribution in [0.4, 0.5) is 5.82 Å². The highest BCUT2D eigenvalue weighted by Gasteiger charge is 2.28. The van der Waals surface area contributed by atoms with Crippen molar-refractivity contribution in [3.8, 4) is 5.75 Å². The summed E-state index contributed by atoms with van der Waals surface area (Å²) in [7, 11) is 0. The number of unbranched alkanes of at least 4 members (excludes halogenated alkanes) is 1. The highest BCUT2D eigenvalue weighted by Crippen LogP contribution is 2.31. The first-order valence-electron chi connectivity index (χ1n) is 11.5. The summed E-state index contributed by atoms with van der Waals surface area (Å²) in [5.74, 6) is 1.82. The standard InChI is InChI=1S/C25H29N5O2/c1-2-3-13-31-14-18-7-4-10-21-20(18)9-5-11-22(21)32-15-19-8-6-12-30(19)25-23-24(27-16-26-23)28-17-29-25/h4-5,7,9-11,16-17,19H,2-3,6,8,12-15H2,1H3,(H,26,27,28,29)/t19-/m1/s1. The quantitative estimate of drug-likeness (QED) is 0.381. The van der Waals surface area contributed by atoms with Gasteiger partial charge in [0.25, 0.3) is 0 Å². The second kappa shape index (κ2) is 9.53. The molecule has 7 heteroatoms. The van der Waals surface area contributed by atoms with Crippen molar-refractivity contribution in [3.63, 3.8) is 0 Å². The molecular weight excluding hydrogens is 402 g/mol. The van der Waals surface area contributed by atoms with Crippen LogP contribution in [-0.2, 0) is 11.3 Å². The third-order valence-electron chi connectivity index (χ3n) is 6.16. The zero-order valence-corrected chi connectivity index (χ0v) is 18.5. The fourth-order valence-electron chi connectivity index (χ4n) is 4.47. The summed E-state index contributed by atoms with van der Waals surface area (Å²) in [5, 5.41) is 2.33. The predicted molar refractivity (Wildman–Crippen MR) is 126 cm³/mol. The molecule has 2 aromatic carbocycles. The summed E-state index contributed by atoms with van der Waals surface area (Å²) in [4.78, 5) is 18.6. The van der Waals surface area contributed by atoms with E-state index in [1.165, 1.54) is 10.9 Å². The largest absolute Gasteiger partial charge is 0.491 e. The zero-order valence-electron chi connectivity index (χ0n) is 18.5. The van der Waals surface area contributed by atoms with Crippen LogP contribution in [0.1, 0.15) is 38.2 Å². The fourth-order valence-corrected chi connectivity index (χ4v) is 4.47. The summed E-state index contributed by atoms with van der Waals surface area (Å²) < 4.78 is 12.3. The van der Waals surface area contributed by atoms with Gasteiger partial charge in [0.1, 0.15) is 24.2 Å². The van der Waals surface area contributed by atoms with Crippen LogP contribution in [0.15, 0.2) is 49.1 Å². The number of aromatic amines is 1. The number of hydrogen-bond acceptors (Lipinski definition) is 6. The molecule has 5 rings (SSSR count). The van der Waals surface area contributed by atoms with Gasteiger partial charge in [-0.2, -0.15) is 0 Å². The van der Waals surface area contributed by atoms with Crippen LogP contribution in [0.3, 0.4) is 0 Å². The Morgan fingerprint density at radius 2 is 2.00 bits per heavy atom. The lowest BCUT2D eigenvalue weighted by Crippen LogP contribution is -2.35. The maximum Gasteiger partial charge on any atom is 0.182 e. The van der Waals surface area contributed by atoms with Gasteiger partial charge < -0.3 is 19.4 Å². The van der Waals surface area contributed by atoms with E-state index in [2.05, 4.69) is 68.2 Å². The number of ether oxygens (including phenoxy) is 2. The van der Waals surface area contributed by atoms with Crippen molar-refractivity contribution in [1.29, 1.82) is 0 Å². The number of benzene rings is 2. The minimum atomic E-state index is 0.257. The highest BCUT2D eigenvalue weighted by atomic mass is 16.5. The fraction of sp³-hybridized carbons (Fsp3) is 0.400. The first-order valence-corrected chi connectivity index (χ1v) is 11.5. The molecule has 1 aliphatic rings. The number of nitrogens with one attached hydrogen (secondary N) is 1. The third kappa shape index (κ3) is 4.12. The van der Waals surface area contributed by atoms with E-state index in [1.54, 1.807) is 12.7 Å². The van der Waals surface area contributed by atoms with Crippen molar-refractivity contribution in [1.82, 2.24) is 19.9 Å². The van der Waals surface area contributed by atoms with E-state index in [4.69, 9.17) is 9.47 Å². The van der Waals surface area contributed by atoms with Gasteiger partial charge in [0.2, 0.25) is 0 Å². The van der Waals surface area contributed by atoms with Gasteiger partial charge in [-0.05, 0) is 36.3 Å². The Labute approximate surface area is 187 Å². The Hall–Kier alpha value is -3.19. The Morgan fingerprint density at radius 1 is 1.09 bits per heavy atom. The van der Waals surface area contributed by atoms with Crippen LogP contribution in [0.2, 0.25) is 0 Å². The van der Waals surface area contributed by atoms with Gasteiger partial charge in [0.05, 0.1) is 19.0 Å². The van der Waals surface area contributed by atoms with E-state index in [-0.39, 0.29) is 6.04 Å². The van der Waals surface area contributed by atoms with E-state index in [1.807, 2.05) is 0 Å². The van der Waals surface area contributed by atoms with E-state index in [0.717, 1.165) is 61.3 Å². The first kappa shape index (κ1) is 20.7. The first-order chi connectivity index (χ1) is 15.8. The van der Waals surface area contributed by atoms with Gasteiger partial charge in [0, 0.05) is 18.5 Å². The van der Waals surface area contributed by atoms with Crippen LogP contribution < -0.4 is 9.64 Å². The molecule has 166 valence electrons. The molecule has 1 saturated heterocycles. The SMILES string of the molecule is CCCCOCc1cccc2c(OC[C@H]3CCCN3c3ncnc4nc[nH]c34)cccc12. The van der Waals surface area contributed by atoms with Gasteiger partial charge in [0.15, 0.2) is 11.5 Å². The number of rotatable bonds is 9. The number of anilines is 1. The van der Waals surface area contributed by atoms with Gasteiger partial charge in [-0.1, -0.05) is 43.7 Å². The molecule has 0 bridgehead atoms. The second-order valence-electron chi connectivity index (χ2n) is 8.27. The van der Waals surface area contributed by atoms with Crippen LogP contribution in [0, 0.1) is 0 Å². The molecule has 1 atom stereocenters. The summed E-state index contributed by atoms with van der Waals surface area (Å²) in [5.41, 5.74) is 2.79. The molecule has 2 aromatic heterocycles. The van der Waals surface area contributed by atoms with Gasteiger partial charge >= 0.3 is 0 Å². The molecule has 32 heavy (non-hydrogen) atoms. The number of fused-ring (bicyclic) bond motifs is 2. The topological polar surface area (TPSA) is 76.2 Å². The lowest BCUT2D eigenvalue weighted by molar-refractivity contribution is 0.119. The maximum atomic E-state index is 6.39. The molecule has 3 heterocycles. The van der Waals surface area contributed by atoms with E-state index in [9.17, 15) is 0 Å². The van der Waals surface area contributed by atoms with Crippen molar-refractivity contribution in [3.05, 3.63) is 54.6 Å². The van der Waals surface area contributed by atoms with Crippen molar-refractivity contribution in [2.75, 3.05) is 24.7 Å². The Bertz CT molecular complexity index is 1190. The second-order valence-corrected chi connectivity index (χ2v) is 8.27. The third-order valence-corrected chi connectivity index (χ3v) is 6.16. The van der Waals surface area contributed by atoms with Gasteiger partial charge in [-0.3, -0.25) is 0 Å². The lowest BCUT2D eigenvalue weighted by atomic mass is 10.0. The number of nitrogens with zero attached hydrogens (tertiary/aromatic N) is 4. The number of hydrogen-bond donors (Lipinski definition) is 1. The minimum absolute atomic E-state index is 0.257. The van der Waals surface area contributed by atoms with E-state index < -0.39 is 0 Å². The number of H-pyrrole nitrogens is 1. The van der Waals surface area contributed by atoms with Crippen molar-refractivity contribution in [2.45, 2.75) is 45.3 Å². The summed E-state index contributed by atoms with van der Waals surface area (Å²) >= 11 is 0. The average molecular weight is 432 g/mol. The zero-order chi connectivity index (χ0) is 21.8. The Balaban J connectivity index is 1.33. The molecule has 0 aliphatic carbocycles. The molecule has 7 nitrogen and oxygen atoms in total. The molecule has 1 fully saturated rings. The highest BCUT2D eigenvalue weighted by molar-refractivity contribution is 5.91. The Kier molecular flexibility index (Phi) is 6.16. The molecule has 0 radical (unpaired) electrons. The van der Waals surface area contributed by atoms with Crippen molar-refractivity contribution < 1.29 is 9.47 Å². The smallest absolute Gasteiger partial charge is 0.182 e. The number of imidazole rings is 1. The van der Waals surface area contributed by atoms with E-state index in [0.29, 0.717) is 18.9 Å². The lowest BCUT2D eigenvalue weighted by Gasteiger charge is -2.26. The predicted octanol–water partition coefficient (Wildman–Crippen LogP) is 4.87.